The van der Waals surface area contributed by atoms with Gasteiger partial charge in [0.15, 0.2) is 0 Å². The minimum Gasteiger partial charge on any atom is -0.338 e. The van der Waals surface area contributed by atoms with E-state index in [1.54, 1.807) is 0 Å². The van der Waals surface area contributed by atoms with Gasteiger partial charge in [0.05, 0.1) is 0 Å². The Morgan fingerprint density at radius 1 is 1.42 bits per heavy atom. The second kappa shape index (κ2) is 4.34. The second-order valence-corrected chi connectivity index (χ2v) is 7.51. The first-order valence-corrected chi connectivity index (χ1v) is 7.63. The highest BCUT2D eigenvalue weighted by atomic mass is 15.0. The van der Waals surface area contributed by atoms with Crippen molar-refractivity contribution in [3.05, 3.63) is 18.2 Å². The molecule has 1 aromatic heterocycles. The van der Waals surface area contributed by atoms with Gasteiger partial charge in [0, 0.05) is 38.4 Å². The Kier molecular flexibility index (Phi) is 3.01. The summed E-state index contributed by atoms with van der Waals surface area (Å²) >= 11 is 0. The van der Waals surface area contributed by atoms with Gasteiger partial charge in [0.25, 0.3) is 0 Å². The maximum Gasteiger partial charge on any atom is 0.109 e. The second-order valence-electron chi connectivity index (χ2n) is 7.51. The van der Waals surface area contributed by atoms with Gasteiger partial charge in [-0.15, -0.1) is 0 Å². The summed E-state index contributed by atoms with van der Waals surface area (Å²) in [6.45, 7) is 8.45. The topological polar surface area (TPSA) is 29.9 Å². The third-order valence-electron chi connectivity index (χ3n) is 5.89. The minimum absolute atomic E-state index is 0.453. The van der Waals surface area contributed by atoms with E-state index in [0.29, 0.717) is 16.9 Å². The molecule has 2 fully saturated rings. The smallest absolute Gasteiger partial charge is 0.109 e. The summed E-state index contributed by atoms with van der Waals surface area (Å²) in [6.07, 6.45) is 9.19. The Morgan fingerprint density at radius 2 is 2.21 bits per heavy atom. The number of aryl methyl sites for hydroxylation is 1. The van der Waals surface area contributed by atoms with E-state index < -0.39 is 0 Å². The summed E-state index contributed by atoms with van der Waals surface area (Å²) in [5.41, 5.74) is 0.977. The van der Waals surface area contributed by atoms with Gasteiger partial charge in [0.1, 0.15) is 5.82 Å². The van der Waals surface area contributed by atoms with Crippen LogP contribution in [0.15, 0.2) is 12.4 Å². The lowest BCUT2D eigenvalue weighted by Crippen LogP contribution is -2.50. The molecular formula is C16H27N3. The number of nitrogens with zero attached hydrogens (tertiary/aromatic N) is 2. The number of aromatic nitrogens is 2. The molecule has 2 aliphatic rings. The lowest BCUT2D eigenvalue weighted by atomic mass is 9.68. The molecule has 0 saturated heterocycles. The van der Waals surface area contributed by atoms with Gasteiger partial charge >= 0.3 is 0 Å². The van der Waals surface area contributed by atoms with Crippen LogP contribution in [-0.2, 0) is 13.5 Å². The number of fused-ring (bicyclic) bond motifs is 2. The summed E-state index contributed by atoms with van der Waals surface area (Å²) < 4.78 is 2.12. The maximum atomic E-state index is 4.40. The molecule has 0 aliphatic heterocycles. The van der Waals surface area contributed by atoms with E-state index in [1.165, 1.54) is 25.1 Å². The molecule has 0 radical (unpaired) electrons. The fourth-order valence-electron chi connectivity index (χ4n) is 4.78. The molecule has 19 heavy (non-hydrogen) atoms. The fourth-order valence-corrected chi connectivity index (χ4v) is 4.78. The van der Waals surface area contributed by atoms with Gasteiger partial charge in [-0.25, -0.2) is 4.98 Å². The first-order chi connectivity index (χ1) is 8.93. The average molecular weight is 261 g/mol. The van der Waals surface area contributed by atoms with Crippen molar-refractivity contribution in [2.45, 2.75) is 52.5 Å². The van der Waals surface area contributed by atoms with E-state index in [9.17, 15) is 0 Å². The van der Waals surface area contributed by atoms with Crippen molar-refractivity contribution < 1.29 is 0 Å². The molecule has 3 nitrogen and oxygen atoms in total. The van der Waals surface area contributed by atoms with E-state index in [2.05, 4.69) is 42.7 Å². The van der Waals surface area contributed by atoms with Gasteiger partial charge in [-0.1, -0.05) is 20.8 Å². The van der Waals surface area contributed by atoms with Gasteiger partial charge in [0.2, 0.25) is 0 Å². The van der Waals surface area contributed by atoms with Crippen LogP contribution in [0.25, 0.3) is 0 Å². The molecule has 1 aromatic rings. The normalized spacial score (nSPS) is 36.0. The van der Waals surface area contributed by atoms with Crippen molar-refractivity contribution in [1.29, 1.82) is 0 Å². The van der Waals surface area contributed by atoms with Crippen LogP contribution in [0.4, 0.5) is 0 Å². The Morgan fingerprint density at radius 3 is 2.79 bits per heavy atom. The third kappa shape index (κ3) is 2.03. The molecular weight excluding hydrogens is 234 g/mol. The predicted octanol–water partition coefficient (Wildman–Crippen LogP) is 2.77. The molecule has 0 spiro atoms. The van der Waals surface area contributed by atoms with E-state index in [1.807, 2.05) is 12.4 Å². The van der Waals surface area contributed by atoms with Crippen molar-refractivity contribution in [3.8, 4) is 0 Å². The van der Waals surface area contributed by atoms with Crippen molar-refractivity contribution in [2.75, 3.05) is 6.54 Å². The monoisotopic (exact) mass is 261 g/mol. The molecule has 0 amide bonds. The number of rotatable bonds is 4. The summed E-state index contributed by atoms with van der Waals surface area (Å²) in [7, 11) is 2.07. The Hall–Kier alpha value is -0.830. The lowest BCUT2D eigenvalue weighted by molar-refractivity contribution is 0.110. The molecule has 3 heteroatoms. The Bertz CT molecular complexity index is 458. The zero-order chi connectivity index (χ0) is 13.7. The molecule has 2 saturated carbocycles. The average Bonchev–Trinajstić information content (AvgIpc) is 2.95. The molecule has 3 atom stereocenters. The quantitative estimate of drug-likeness (QED) is 0.903. The van der Waals surface area contributed by atoms with E-state index in [-0.39, 0.29) is 0 Å². The van der Waals surface area contributed by atoms with Gasteiger partial charge < -0.3 is 9.88 Å². The van der Waals surface area contributed by atoms with Crippen LogP contribution in [0.1, 0.15) is 45.9 Å². The minimum atomic E-state index is 0.453. The number of hydrogen-bond donors (Lipinski definition) is 1. The number of imidazole rings is 1. The Balaban J connectivity index is 1.62. The standard InChI is InChI=1S/C16H27N3/c1-15(2)12-5-7-16(3,11-12)14(15)18-8-6-13-17-9-10-19(13)4/h9-10,12,14,18H,5-8,11H2,1-4H3/t12-,14?,16+/m0/s1. The molecule has 2 bridgehead atoms. The van der Waals surface area contributed by atoms with Crippen LogP contribution in [0.2, 0.25) is 0 Å². The highest BCUT2D eigenvalue weighted by Gasteiger charge is 2.58. The van der Waals surface area contributed by atoms with Crippen molar-refractivity contribution in [2.24, 2.45) is 23.8 Å². The van der Waals surface area contributed by atoms with Crippen LogP contribution in [0, 0.1) is 16.7 Å². The molecule has 1 unspecified atom stereocenters. The fraction of sp³-hybridized carbons (Fsp3) is 0.812. The largest absolute Gasteiger partial charge is 0.338 e. The third-order valence-corrected chi connectivity index (χ3v) is 5.89. The zero-order valence-electron chi connectivity index (χ0n) is 12.7. The van der Waals surface area contributed by atoms with Gasteiger partial charge in [-0.05, 0) is 36.0 Å². The highest BCUT2D eigenvalue weighted by Crippen LogP contribution is 2.62. The lowest BCUT2D eigenvalue weighted by Gasteiger charge is -2.43. The van der Waals surface area contributed by atoms with Crippen molar-refractivity contribution in [3.63, 3.8) is 0 Å². The molecule has 1 N–H and O–H groups in total. The molecule has 106 valence electrons. The summed E-state index contributed by atoms with van der Waals surface area (Å²) in [5, 5.41) is 3.86. The van der Waals surface area contributed by atoms with Crippen LogP contribution in [-0.4, -0.2) is 22.1 Å². The van der Waals surface area contributed by atoms with Gasteiger partial charge in [-0.3, -0.25) is 0 Å². The summed E-state index contributed by atoms with van der Waals surface area (Å²) in [6, 6.07) is 0.666. The van der Waals surface area contributed by atoms with Crippen molar-refractivity contribution >= 4 is 0 Å². The predicted molar refractivity (Wildman–Crippen MR) is 77.9 cm³/mol. The highest BCUT2D eigenvalue weighted by molar-refractivity contribution is 5.12. The number of nitrogens with one attached hydrogen (secondary N) is 1. The molecule has 1 heterocycles. The van der Waals surface area contributed by atoms with Crippen LogP contribution < -0.4 is 5.32 Å². The van der Waals surface area contributed by atoms with E-state index >= 15 is 0 Å². The van der Waals surface area contributed by atoms with E-state index in [4.69, 9.17) is 0 Å². The molecule has 3 rings (SSSR count). The summed E-state index contributed by atoms with van der Waals surface area (Å²) in [5.74, 6) is 2.10. The van der Waals surface area contributed by atoms with Gasteiger partial charge in [-0.2, -0.15) is 0 Å². The number of hydrogen-bond acceptors (Lipinski definition) is 2. The van der Waals surface area contributed by atoms with Crippen LogP contribution in [0.5, 0.6) is 0 Å². The maximum absolute atomic E-state index is 4.40. The van der Waals surface area contributed by atoms with Crippen LogP contribution >= 0.6 is 0 Å². The zero-order valence-corrected chi connectivity index (χ0v) is 12.7. The van der Waals surface area contributed by atoms with E-state index in [0.717, 1.165) is 18.9 Å². The summed E-state index contributed by atoms with van der Waals surface area (Å²) in [4.78, 5) is 4.40. The van der Waals surface area contributed by atoms with Crippen LogP contribution in [0.3, 0.4) is 0 Å². The van der Waals surface area contributed by atoms with Crippen molar-refractivity contribution in [1.82, 2.24) is 14.9 Å². The molecule has 2 aliphatic carbocycles. The Labute approximate surface area is 116 Å². The molecule has 0 aromatic carbocycles. The first kappa shape index (κ1) is 13.2. The first-order valence-electron chi connectivity index (χ1n) is 7.63. The SMILES string of the molecule is Cn1ccnc1CCNC1C(C)(C)[C@H]2CC[C@]1(C)C2.